The molecule has 0 spiro atoms. The number of methoxy groups -OCH3 is 2. The summed E-state index contributed by atoms with van der Waals surface area (Å²) in [6, 6.07) is 10.3. The van der Waals surface area contributed by atoms with Crippen molar-refractivity contribution >= 4 is 0 Å². The van der Waals surface area contributed by atoms with E-state index in [1.807, 2.05) is 24.3 Å². The second kappa shape index (κ2) is 7.64. The van der Waals surface area contributed by atoms with E-state index in [2.05, 4.69) is 23.3 Å². The first-order chi connectivity index (χ1) is 10.3. The molecule has 112 valence electrons. The molecule has 0 radical (unpaired) electrons. The standard InChI is InChI=1S/C17H22N2O2/c1-4-19-15(14-9-10-18-12-17(14)21-3)11-13-7-5-6-8-16(13)20-2/h5-10,12,15,19H,4,11H2,1-3H3. The highest BCUT2D eigenvalue weighted by Crippen LogP contribution is 2.29. The number of pyridine rings is 1. The lowest BCUT2D eigenvalue weighted by molar-refractivity contribution is 0.392. The van der Waals surface area contributed by atoms with Crippen molar-refractivity contribution in [2.75, 3.05) is 20.8 Å². The Bertz CT molecular complexity index is 572. The smallest absolute Gasteiger partial charge is 0.141 e. The maximum atomic E-state index is 5.45. The van der Waals surface area contributed by atoms with Gasteiger partial charge in [-0.3, -0.25) is 4.98 Å². The van der Waals surface area contributed by atoms with Crippen LogP contribution in [0.4, 0.5) is 0 Å². The van der Waals surface area contributed by atoms with Crippen molar-refractivity contribution in [1.82, 2.24) is 10.3 Å². The molecule has 0 bridgehead atoms. The summed E-state index contributed by atoms with van der Waals surface area (Å²) in [4.78, 5) is 4.12. The third kappa shape index (κ3) is 3.73. The predicted molar refractivity (Wildman–Crippen MR) is 83.9 cm³/mol. The highest BCUT2D eigenvalue weighted by atomic mass is 16.5. The van der Waals surface area contributed by atoms with Crippen LogP contribution in [0.1, 0.15) is 24.1 Å². The van der Waals surface area contributed by atoms with E-state index in [1.54, 1.807) is 26.6 Å². The van der Waals surface area contributed by atoms with E-state index in [0.29, 0.717) is 0 Å². The number of rotatable bonds is 7. The molecule has 1 heterocycles. The van der Waals surface area contributed by atoms with Crippen molar-refractivity contribution in [2.45, 2.75) is 19.4 Å². The minimum absolute atomic E-state index is 0.157. The number of hydrogen-bond acceptors (Lipinski definition) is 4. The summed E-state index contributed by atoms with van der Waals surface area (Å²) in [7, 11) is 3.38. The van der Waals surface area contributed by atoms with Crippen molar-refractivity contribution in [2.24, 2.45) is 0 Å². The Morgan fingerprint density at radius 3 is 2.57 bits per heavy atom. The molecule has 1 atom stereocenters. The van der Waals surface area contributed by atoms with Gasteiger partial charge in [0.25, 0.3) is 0 Å². The number of nitrogens with zero attached hydrogens (tertiary/aromatic N) is 1. The van der Waals surface area contributed by atoms with Gasteiger partial charge in [0.15, 0.2) is 0 Å². The molecule has 21 heavy (non-hydrogen) atoms. The van der Waals surface area contributed by atoms with Crippen LogP contribution in [0.15, 0.2) is 42.7 Å². The van der Waals surface area contributed by atoms with E-state index in [1.165, 1.54) is 5.56 Å². The minimum atomic E-state index is 0.157. The molecule has 1 unspecified atom stereocenters. The predicted octanol–water partition coefficient (Wildman–Crippen LogP) is 2.99. The van der Waals surface area contributed by atoms with Gasteiger partial charge < -0.3 is 14.8 Å². The third-order valence-corrected chi connectivity index (χ3v) is 3.48. The normalized spacial score (nSPS) is 12.0. The Labute approximate surface area is 126 Å². The van der Waals surface area contributed by atoms with Crippen molar-refractivity contribution in [3.05, 3.63) is 53.9 Å². The van der Waals surface area contributed by atoms with E-state index in [0.717, 1.165) is 30.0 Å². The maximum absolute atomic E-state index is 5.45. The van der Waals surface area contributed by atoms with Gasteiger partial charge in [-0.05, 0) is 30.7 Å². The number of para-hydroxylation sites is 1. The zero-order valence-electron chi connectivity index (χ0n) is 12.8. The van der Waals surface area contributed by atoms with Gasteiger partial charge >= 0.3 is 0 Å². The molecule has 1 aromatic carbocycles. The van der Waals surface area contributed by atoms with Gasteiger partial charge in [0.1, 0.15) is 11.5 Å². The lowest BCUT2D eigenvalue weighted by Crippen LogP contribution is -2.23. The summed E-state index contributed by atoms with van der Waals surface area (Å²) in [6.07, 6.45) is 4.38. The molecule has 0 saturated heterocycles. The Morgan fingerprint density at radius 1 is 1.10 bits per heavy atom. The molecule has 4 heteroatoms. The lowest BCUT2D eigenvalue weighted by Gasteiger charge is -2.21. The fourth-order valence-electron chi connectivity index (χ4n) is 2.48. The lowest BCUT2D eigenvalue weighted by atomic mass is 9.98. The average molecular weight is 286 g/mol. The fraction of sp³-hybridized carbons (Fsp3) is 0.353. The molecule has 2 aromatic rings. The Morgan fingerprint density at radius 2 is 1.86 bits per heavy atom. The monoisotopic (exact) mass is 286 g/mol. The number of aromatic nitrogens is 1. The number of hydrogen-bond donors (Lipinski definition) is 1. The topological polar surface area (TPSA) is 43.4 Å². The Hall–Kier alpha value is -2.07. The summed E-state index contributed by atoms with van der Waals surface area (Å²) >= 11 is 0. The summed E-state index contributed by atoms with van der Waals surface area (Å²) in [5.74, 6) is 1.71. The highest BCUT2D eigenvalue weighted by molar-refractivity contribution is 5.38. The largest absolute Gasteiger partial charge is 0.496 e. The number of ether oxygens (including phenoxy) is 2. The Balaban J connectivity index is 2.31. The van der Waals surface area contributed by atoms with Gasteiger partial charge in [0, 0.05) is 17.8 Å². The molecule has 4 nitrogen and oxygen atoms in total. The van der Waals surface area contributed by atoms with Gasteiger partial charge in [-0.25, -0.2) is 0 Å². The molecule has 2 rings (SSSR count). The van der Waals surface area contributed by atoms with Crippen LogP contribution in [0.5, 0.6) is 11.5 Å². The van der Waals surface area contributed by atoms with Crippen LogP contribution in [-0.4, -0.2) is 25.7 Å². The summed E-state index contributed by atoms with van der Waals surface area (Å²) in [5.41, 5.74) is 2.28. The first-order valence-electron chi connectivity index (χ1n) is 7.13. The van der Waals surface area contributed by atoms with Crippen LogP contribution in [-0.2, 0) is 6.42 Å². The number of likely N-dealkylation sites (N-methyl/N-ethyl adjacent to an activating group) is 1. The summed E-state index contributed by atoms with van der Waals surface area (Å²) < 4.78 is 10.9. The first-order valence-corrected chi connectivity index (χ1v) is 7.13. The van der Waals surface area contributed by atoms with Crippen molar-refractivity contribution in [1.29, 1.82) is 0 Å². The third-order valence-electron chi connectivity index (χ3n) is 3.48. The molecule has 0 amide bonds. The molecule has 0 aliphatic heterocycles. The van der Waals surface area contributed by atoms with Crippen LogP contribution in [0, 0.1) is 0 Å². The molecule has 1 N–H and O–H groups in total. The van der Waals surface area contributed by atoms with Crippen LogP contribution >= 0.6 is 0 Å². The average Bonchev–Trinajstić information content (AvgIpc) is 2.55. The molecule has 0 aliphatic rings. The van der Waals surface area contributed by atoms with Crippen LogP contribution in [0.2, 0.25) is 0 Å². The van der Waals surface area contributed by atoms with E-state index in [9.17, 15) is 0 Å². The molecule has 1 aromatic heterocycles. The van der Waals surface area contributed by atoms with Gasteiger partial charge in [0.2, 0.25) is 0 Å². The molecular weight excluding hydrogens is 264 g/mol. The molecule has 0 aliphatic carbocycles. The van der Waals surface area contributed by atoms with Crippen molar-refractivity contribution in [3.8, 4) is 11.5 Å². The SMILES string of the molecule is CCNC(Cc1ccccc1OC)c1ccncc1OC. The van der Waals surface area contributed by atoms with Crippen molar-refractivity contribution in [3.63, 3.8) is 0 Å². The number of benzene rings is 1. The summed E-state index contributed by atoms with van der Waals surface area (Å²) in [5, 5.41) is 3.51. The van der Waals surface area contributed by atoms with Gasteiger partial charge in [-0.1, -0.05) is 25.1 Å². The minimum Gasteiger partial charge on any atom is -0.496 e. The second-order valence-corrected chi connectivity index (χ2v) is 4.74. The highest BCUT2D eigenvalue weighted by Gasteiger charge is 2.17. The number of nitrogens with one attached hydrogen (secondary N) is 1. The van der Waals surface area contributed by atoms with E-state index >= 15 is 0 Å². The second-order valence-electron chi connectivity index (χ2n) is 4.74. The fourth-order valence-corrected chi connectivity index (χ4v) is 2.48. The van der Waals surface area contributed by atoms with E-state index in [-0.39, 0.29) is 6.04 Å². The van der Waals surface area contributed by atoms with E-state index < -0.39 is 0 Å². The van der Waals surface area contributed by atoms with Gasteiger partial charge in [-0.15, -0.1) is 0 Å². The van der Waals surface area contributed by atoms with Crippen LogP contribution < -0.4 is 14.8 Å². The van der Waals surface area contributed by atoms with Crippen LogP contribution in [0.3, 0.4) is 0 Å². The summed E-state index contributed by atoms with van der Waals surface area (Å²) in [6.45, 7) is 2.98. The molecule has 0 saturated carbocycles. The molecular formula is C17H22N2O2. The zero-order valence-corrected chi connectivity index (χ0v) is 12.8. The maximum Gasteiger partial charge on any atom is 0.141 e. The quantitative estimate of drug-likeness (QED) is 0.849. The molecule has 0 fully saturated rings. The zero-order chi connectivity index (χ0) is 15.1. The van der Waals surface area contributed by atoms with E-state index in [4.69, 9.17) is 9.47 Å². The van der Waals surface area contributed by atoms with Gasteiger partial charge in [0.05, 0.1) is 20.4 Å². The van der Waals surface area contributed by atoms with Gasteiger partial charge in [-0.2, -0.15) is 0 Å². The van der Waals surface area contributed by atoms with Crippen molar-refractivity contribution < 1.29 is 9.47 Å². The Kier molecular flexibility index (Phi) is 5.58. The first kappa shape index (κ1) is 15.3. The van der Waals surface area contributed by atoms with Crippen LogP contribution in [0.25, 0.3) is 0 Å².